The first-order valence-corrected chi connectivity index (χ1v) is 6.38. The van der Waals surface area contributed by atoms with Crippen LogP contribution in [0.15, 0.2) is 66.7 Å². The minimum Gasteiger partial charge on any atom is -0.478 e. The molecule has 0 fully saturated rings. The van der Waals surface area contributed by atoms with E-state index in [9.17, 15) is 9.59 Å². The number of rotatable bonds is 5. The van der Waals surface area contributed by atoms with Gasteiger partial charge in [-0.25, -0.2) is 9.59 Å². The van der Waals surface area contributed by atoms with Gasteiger partial charge in [-0.15, -0.1) is 0 Å². The maximum Gasteiger partial charge on any atom is 0.349 e. The van der Waals surface area contributed by atoms with Gasteiger partial charge in [0.1, 0.15) is 0 Å². The average molecular weight is 282 g/mol. The average Bonchev–Trinajstić information content (AvgIpc) is 2.52. The third-order valence-corrected chi connectivity index (χ3v) is 2.77. The van der Waals surface area contributed by atoms with E-state index in [2.05, 4.69) is 0 Å². The molecule has 1 unspecified atom stereocenters. The molecule has 2 aromatic rings. The van der Waals surface area contributed by atoms with E-state index < -0.39 is 18.0 Å². The predicted octanol–water partition coefficient (Wildman–Crippen LogP) is 3.07. The Morgan fingerprint density at radius 3 is 2.10 bits per heavy atom. The highest BCUT2D eigenvalue weighted by Crippen LogP contribution is 2.18. The first-order chi connectivity index (χ1) is 10.2. The molecular formula is C17H14O4. The molecule has 0 spiro atoms. The molecule has 0 aromatic heterocycles. The molecule has 0 aliphatic rings. The highest BCUT2D eigenvalue weighted by Gasteiger charge is 2.23. The Labute approximate surface area is 122 Å². The van der Waals surface area contributed by atoms with E-state index in [4.69, 9.17) is 9.84 Å². The molecule has 0 aliphatic carbocycles. The van der Waals surface area contributed by atoms with Crippen LogP contribution in [-0.4, -0.2) is 17.0 Å². The van der Waals surface area contributed by atoms with Gasteiger partial charge in [-0.3, -0.25) is 0 Å². The van der Waals surface area contributed by atoms with E-state index in [1.54, 1.807) is 36.4 Å². The fourth-order valence-electron chi connectivity index (χ4n) is 1.77. The minimum atomic E-state index is -1.31. The lowest BCUT2D eigenvalue weighted by Crippen LogP contribution is -2.18. The molecule has 2 aromatic carbocycles. The summed E-state index contributed by atoms with van der Waals surface area (Å²) in [6, 6.07) is 17.6. The van der Waals surface area contributed by atoms with Crippen LogP contribution in [0.4, 0.5) is 0 Å². The lowest BCUT2D eigenvalue weighted by molar-refractivity contribution is -0.161. The van der Waals surface area contributed by atoms with E-state index in [0.717, 1.165) is 5.56 Å². The summed E-state index contributed by atoms with van der Waals surface area (Å²) in [5.74, 6) is -1.90. The largest absolute Gasteiger partial charge is 0.478 e. The SMILES string of the molecule is O=C(/C=C/c1ccccc1)OC(C(=O)O)c1ccccc1. The lowest BCUT2D eigenvalue weighted by atomic mass is 10.1. The second-order valence-electron chi connectivity index (χ2n) is 4.31. The molecule has 4 heteroatoms. The predicted molar refractivity (Wildman–Crippen MR) is 78.4 cm³/mol. The molecule has 21 heavy (non-hydrogen) atoms. The molecule has 0 heterocycles. The van der Waals surface area contributed by atoms with Crippen molar-refractivity contribution in [1.29, 1.82) is 0 Å². The number of carbonyl (C=O) groups is 2. The molecule has 0 aliphatic heterocycles. The van der Waals surface area contributed by atoms with Crippen molar-refractivity contribution in [2.45, 2.75) is 6.10 Å². The number of ether oxygens (including phenoxy) is 1. The van der Waals surface area contributed by atoms with Crippen molar-refractivity contribution in [2.75, 3.05) is 0 Å². The summed E-state index contributed by atoms with van der Waals surface area (Å²) in [5, 5.41) is 9.16. The van der Waals surface area contributed by atoms with Crippen molar-refractivity contribution in [1.82, 2.24) is 0 Å². The van der Waals surface area contributed by atoms with E-state index in [-0.39, 0.29) is 0 Å². The van der Waals surface area contributed by atoms with Crippen molar-refractivity contribution in [3.05, 3.63) is 77.9 Å². The molecule has 0 bridgehead atoms. The second-order valence-corrected chi connectivity index (χ2v) is 4.31. The van der Waals surface area contributed by atoms with Crippen LogP contribution < -0.4 is 0 Å². The van der Waals surface area contributed by atoms with Crippen molar-refractivity contribution < 1.29 is 19.4 Å². The first-order valence-electron chi connectivity index (χ1n) is 6.38. The summed E-state index contributed by atoms with van der Waals surface area (Å²) in [6.45, 7) is 0. The van der Waals surface area contributed by atoms with Crippen molar-refractivity contribution in [2.24, 2.45) is 0 Å². The maximum atomic E-state index is 11.7. The molecular weight excluding hydrogens is 268 g/mol. The van der Waals surface area contributed by atoms with Gasteiger partial charge in [0.2, 0.25) is 6.10 Å². The Morgan fingerprint density at radius 1 is 0.952 bits per heavy atom. The van der Waals surface area contributed by atoms with Gasteiger partial charge < -0.3 is 9.84 Å². The summed E-state index contributed by atoms with van der Waals surface area (Å²) >= 11 is 0. The van der Waals surface area contributed by atoms with Gasteiger partial charge >= 0.3 is 11.9 Å². The summed E-state index contributed by atoms with van der Waals surface area (Å²) in [7, 11) is 0. The van der Waals surface area contributed by atoms with Crippen LogP contribution in [0.3, 0.4) is 0 Å². The molecule has 0 saturated carbocycles. The van der Waals surface area contributed by atoms with E-state index in [1.807, 2.05) is 30.3 Å². The Hall–Kier alpha value is -2.88. The first kappa shape index (κ1) is 14.5. The zero-order chi connectivity index (χ0) is 15.1. The molecule has 0 amide bonds. The number of esters is 1. The summed E-state index contributed by atoms with van der Waals surface area (Å²) in [4.78, 5) is 22.9. The van der Waals surface area contributed by atoms with Crippen LogP contribution in [-0.2, 0) is 14.3 Å². The highest BCUT2D eigenvalue weighted by atomic mass is 16.6. The van der Waals surface area contributed by atoms with Gasteiger partial charge in [-0.2, -0.15) is 0 Å². The highest BCUT2D eigenvalue weighted by molar-refractivity contribution is 5.89. The lowest BCUT2D eigenvalue weighted by Gasteiger charge is -2.12. The maximum absolute atomic E-state index is 11.7. The van der Waals surface area contributed by atoms with E-state index in [0.29, 0.717) is 5.56 Å². The number of hydrogen-bond donors (Lipinski definition) is 1. The zero-order valence-corrected chi connectivity index (χ0v) is 11.2. The van der Waals surface area contributed by atoms with Crippen LogP contribution in [0.25, 0.3) is 6.08 Å². The van der Waals surface area contributed by atoms with Crippen LogP contribution >= 0.6 is 0 Å². The van der Waals surface area contributed by atoms with Gasteiger partial charge in [0.15, 0.2) is 0 Å². The monoisotopic (exact) mass is 282 g/mol. The third-order valence-electron chi connectivity index (χ3n) is 2.77. The Bertz CT molecular complexity index is 632. The van der Waals surface area contributed by atoms with Crippen molar-refractivity contribution >= 4 is 18.0 Å². The minimum absolute atomic E-state index is 0.423. The summed E-state index contributed by atoms with van der Waals surface area (Å²) < 4.78 is 4.99. The molecule has 0 saturated heterocycles. The van der Waals surface area contributed by atoms with Gasteiger partial charge in [-0.1, -0.05) is 60.7 Å². The second kappa shape index (κ2) is 7.05. The zero-order valence-electron chi connectivity index (χ0n) is 11.2. The standard InChI is InChI=1S/C17H14O4/c18-15(12-11-13-7-3-1-4-8-13)21-16(17(19)20)14-9-5-2-6-10-14/h1-12,16H,(H,19,20)/b12-11+. The molecule has 4 nitrogen and oxygen atoms in total. The van der Waals surface area contributed by atoms with Gasteiger partial charge in [0, 0.05) is 11.6 Å². The van der Waals surface area contributed by atoms with Gasteiger partial charge in [0.25, 0.3) is 0 Å². The topological polar surface area (TPSA) is 63.6 Å². The number of carboxylic acids is 1. The fourth-order valence-corrected chi connectivity index (χ4v) is 1.77. The fraction of sp³-hybridized carbons (Fsp3) is 0.0588. The number of carboxylic acid groups (broad SMARTS) is 1. The molecule has 1 atom stereocenters. The number of benzene rings is 2. The van der Waals surface area contributed by atoms with Gasteiger partial charge in [0.05, 0.1) is 0 Å². The molecule has 2 rings (SSSR count). The number of aliphatic carboxylic acids is 1. The van der Waals surface area contributed by atoms with E-state index >= 15 is 0 Å². The summed E-state index contributed by atoms with van der Waals surface area (Å²) in [6.07, 6.45) is 1.49. The number of carbonyl (C=O) groups excluding carboxylic acids is 1. The Kier molecular flexibility index (Phi) is 4.88. The van der Waals surface area contributed by atoms with Crippen molar-refractivity contribution in [3.8, 4) is 0 Å². The van der Waals surface area contributed by atoms with E-state index in [1.165, 1.54) is 6.08 Å². The van der Waals surface area contributed by atoms with Crippen molar-refractivity contribution in [3.63, 3.8) is 0 Å². The Balaban J connectivity index is 2.06. The van der Waals surface area contributed by atoms with Crippen LogP contribution in [0.5, 0.6) is 0 Å². The Morgan fingerprint density at radius 2 is 1.52 bits per heavy atom. The van der Waals surface area contributed by atoms with Gasteiger partial charge in [-0.05, 0) is 11.6 Å². The third kappa shape index (κ3) is 4.31. The van der Waals surface area contributed by atoms with Crippen LogP contribution in [0, 0.1) is 0 Å². The molecule has 0 radical (unpaired) electrons. The molecule has 1 N–H and O–H groups in total. The van der Waals surface area contributed by atoms with Crippen LogP contribution in [0.2, 0.25) is 0 Å². The molecule has 106 valence electrons. The number of hydrogen-bond acceptors (Lipinski definition) is 3. The quantitative estimate of drug-likeness (QED) is 0.676. The summed E-state index contributed by atoms with van der Waals surface area (Å²) in [5.41, 5.74) is 1.26. The smallest absolute Gasteiger partial charge is 0.349 e. The van der Waals surface area contributed by atoms with Crippen LogP contribution in [0.1, 0.15) is 17.2 Å². The normalized spacial score (nSPS) is 12.0.